The number of hydrogen-bond acceptors (Lipinski definition) is 3. The van der Waals surface area contributed by atoms with E-state index >= 15 is 0 Å². The number of hydrogen-bond donors (Lipinski definition) is 2. The van der Waals surface area contributed by atoms with Crippen LogP contribution in [0.15, 0.2) is 53.4 Å². The number of halogens is 1. The van der Waals surface area contributed by atoms with Gasteiger partial charge in [-0.25, -0.2) is 12.8 Å². The molecule has 0 unspecified atom stereocenters. The summed E-state index contributed by atoms with van der Waals surface area (Å²) in [4.78, 5) is -0.362. The Morgan fingerprint density at radius 3 is 2.40 bits per heavy atom. The molecule has 0 saturated carbocycles. The van der Waals surface area contributed by atoms with Crippen molar-refractivity contribution in [3.8, 4) is 0 Å². The molecule has 0 aliphatic rings. The Balaban J connectivity index is 2.37. The van der Waals surface area contributed by atoms with E-state index in [-0.39, 0.29) is 4.90 Å². The van der Waals surface area contributed by atoms with Gasteiger partial charge in [0.2, 0.25) is 0 Å². The first-order chi connectivity index (χ1) is 9.54. The van der Waals surface area contributed by atoms with Crippen LogP contribution in [0, 0.1) is 5.82 Å². The van der Waals surface area contributed by atoms with Crippen molar-refractivity contribution in [2.45, 2.75) is 11.4 Å². The highest BCUT2D eigenvalue weighted by Gasteiger charge is 2.19. The van der Waals surface area contributed by atoms with E-state index in [0.717, 1.165) is 11.6 Å². The fourth-order valence-corrected chi connectivity index (χ4v) is 3.01. The van der Waals surface area contributed by atoms with Crippen molar-refractivity contribution >= 4 is 15.7 Å². The molecule has 0 aliphatic carbocycles. The van der Waals surface area contributed by atoms with Crippen LogP contribution in [0.3, 0.4) is 0 Å². The highest BCUT2D eigenvalue weighted by Crippen LogP contribution is 2.21. The monoisotopic (exact) mass is 294 g/mol. The maximum atomic E-state index is 13.6. The summed E-state index contributed by atoms with van der Waals surface area (Å²) in [7, 11) is -2.17. The lowest BCUT2D eigenvalue weighted by Crippen LogP contribution is -2.17. The van der Waals surface area contributed by atoms with Gasteiger partial charge in [0.05, 0.1) is 5.69 Å². The fraction of sp³-hybridized carbons (Fsp3) is 0.143. The largest absolute Gasteiger partial charge is 0.316 e. The lowest BCUT2D eigenvalue weighted by atomic mass is 10.2. The van der Waals surface area contributed by atoms with Crippen molar-refractivity contribution in [3.63, 3.8) is 0 Å². The zero-order valence-corrected chi connectivity index (χ0v) is 11.7. The van der Waals surface area contributed by atoms with Gasteiger partial charge in [-0.2, -0.15) is 0 Å². The maximum Gasteiger partial charge on any atom is 0.264 e. The first-order valence-electron chi connectivity index (χ1n) is 6.04. The molecule has 0 spiro atoms. The Bertz CT molecular complexity index is 702. The molecule has 0 amide bonds. The summed E-state index contributed by atoms with van der Waals surface area (Å²) in [6.07, 6.45) is 0. The van der Waals surface area contributed by atoms with E-state index in [1.165, 1.54) is 18.2 Å². The molecule has 0 atom stereocenters. The van der Waals surface area contributed by atoms with E-state index in [9.17, 15) is 12.8 Å². The second-order valence-electron chi connectivity index (χ2n) is 4.22. The van der Waals surface area contributed by atoms with Crippen LogP contribution < -0.4 is 10.0 Å². The van der Waals surface area contributed by atoms with Crippen molar-refractivity contribution in [2.75, 3.05) is 11.8 Å². The molecule has 0 radical (unpaired) electrons. The molecule has 2 rings (SSSR count). The molecule has 0 saturated heterocycles. The second kappa shape index (κ2) is 6.02. The van der Waals surface area contributed by atoms with E-state index in [4.69, 9.17) is 0 Å². The Morgan fingerprint density at radius 2 is 1.70 bits per heavy atom. The highest BCUT2D eigenvalue weighted by atomic mass is 32.2. The standard InChI is InChI=1S/C14H15FN2O2S/c1-16-10-11-6-2-4-8-13(11)17-20(18,19)14-9-5-3-7-12(14)15/h2-9,16-17H,10H2,1H3. The molecule has 2 N–H and O–H groups in total. The van der Waals surface area contributed by atoms with Gasteiger partial charge in [-0.3, -0.25) is 4.72 Å². The molecule has 0 fully saturated rings. The van der Waals surface area contributed by atoms with E-state index in [2.05, 4.69) is 10.0 Å². The molecule has 4 nitrogen and oxygen atoms in total. The third-order valence-electron chi connectivity index (χ3n) is 2.76. The third-order valence-corrected chi connectivity index (χ3v) is 4.15. The minimum atomic E-state index is -3.94. The summed E-state index contributed by atoms with van der Waals surface area (Å²) in [5.41, 5.74) is 1.22. The summed E-state index contributed by atoms with van der Waals surface area (Å²) in [5.74, 6) is -0.772. The van der Waals surface area contributed by atoms with Crippen LogP contribution in [0.25, 0.3) is 0 Å². The van der Waals surface area contributed by atoms with Gasteiger partial charge in [-0.05, 0) is 30.8 Å². The molecule has 20 heavy (non-hydrogen) atoms. The first-order valence-corrected chi connectivity index (χ1v) is 7.53. The molecule has 6 heteroatoms. The van der Waals surface area contributed by atoms with Crippen LogP contribution >= 0.6 is 0 Å². The summed E-state index contributed by atoms with van der Waals surface area (Å²) in [6.45, 7) is 0.510. The van der Waals surface area contributed by atoms with Gasteiger partial charge in [0.25, 0.3) is 10.0 Å². The van der Waals surface area contributed by atoms with Crippen LogP contribution in [0.4, 0.5) is 10.1 Å². The summed E-state index contributed by atoms with van der Waals surface area (Å²) in [5, 5.41) is 2.95. The van der Waals surface area contributed by atoms with Crippen LogP contribution in [0.5, 0.6) is 0 Å². The molecule has 0 bridgehead atoms. The molecule has 0 aromatic heterocycles. The minimum Gasteiger partial charge on any atom is -0.316 e. The van der Waals surface area contributed by atoms with Gasteiger partial charge in [-0.1, -0.05) is 30.3 Å². The predicted octanol–water partition coefficient (Wildman–Crippen LogP) is 2.35. The number of anilines is 1. The number of benzene rings is 2. The lowest BCUT2D eigenvalue weighted by Gasteiger charge is -2.12. The van der Waals surface area contributed by atoms with Gasteiger partial charge < -0.3 is 5.32 Å². The highest BCUT2D eigenvalue weighted by molar-refractivity contribution is 7.92. The summed E-state index contributed by atoms with van der Waals surface area (Å²) >= 11 is 0. The van der Waals surface area contributed by atoms with Crippen LogP contribution in [0.1, 0.15) is 5.56 Å². The Morgan fingerprint density at radius 1 is 1.05 bits per heavy atom. The molecule has 0 heterocycles. The van der Waals surface area contributed by atoms with Crippen LogP contribution in [-0.4, -0.2) is 15.5 Å². The summed E-state index contributed by atoms with van der Waals surface area (Å²) in [6, 6.07) is 12.3. The van der Waals surface area contributed by atoms with Gasteiger partial charge in [0.1, 0.15) is 10.7 Å². The van der Waals surface area contributed by atoms with E-state index in [1.54, 1.807) is 25.2 Å². The SMILES string of the molecule is CNCc1ccccc1NS(=O)(=O)c1ccccc1F. The van der Waals surface area contributed by atoms with E-state index in [1.807, 2.05) is 6.07 Å². The van der Waals surface area contributed by atoms with Crippen LogP contribution in [0.2, 0.25) is 0 Å². The third kappa shape index (κ3) is 3.15. The lowest BCUT2D eigenvalue weighted by molar-refractivity contribution is 0.570. The van der Waals surface area contributed by atoms with Gasteiger partial charge in [0, 0.05) is 6.54 Å². The minimum absolute atomic E-state index is 0.362. The smallest absolute Gasteiger partial charge is 0.264 e. The molecule has 2 aromatic carbocycles. The van der Waals surface area contributed by atoms with Crippen molar-refractivity contribution in [1.82, 2.24) is 5.32 Å². The predicted molar refractivity (Wildman–Crippen MR) is 76.4 cm³/mol. The Kier molecular flexibility index (Phi) is 4.36. The number of nitrogens with one attached hydrogen (secondary N) is 2. The molecular weight excluding hydrogens is 279 g/mol. The number of para-hydroxylation sites is 1. The fourth-order valence-electron chi connectivity index (χ4n) is 1.83. The average molecular weight is 294 g/mol. The number of rotatable bonds is 5. The van der Waals surface area contributed by atoms with Crippen molar-refractivity contribution in [3.05, 3.63) is 59.9 Å². The van der Waals surface area contributed by atoms with Crippen molar-refractivity contribution in [1.29, 1.82) is 0 Å². The van der Waals surface area contributed by atoms with Crippen molar-refractivity contribution in [2.24, 2.45) is 0 Å². The van der Waals surface area contributed by atoms with Gasteiger partial charge in [-0.15, -0.1) is 0 Å². The van der Waals surface area contributed by atoms with Crippen molar-refractivity contribution < 1.29 is 12.8 Å². The quantitative estimate of drug-likeness (QED) is 0.890. The van der Waals surface area contributed by atoms with Gasteiger partial charge >= 0.3 is 0 Å². The summed E-state index contributed by atoms with van der Waals surface area (Å²) < 4.78 is 40.4. The molecule has 0 aliphatic heterocycles. The van der Waals surface area contributed by atoms with Gasteiger partial charge in [0.15, 0.2) is 0 Å². The topological polar surface area (TPSA) is 58.2 Å². The molecule has 106 valence electrons. The first kappa shape index (κ1) is 14.5. The molecule has 2 aromatic rings. The van der Waals surface area contributed by atoms with Crippen LogP contribution in [-0.2, 0) is 16.6 Å². The zero-order valence-electron chi connectivity index (χ0n) is 10.9. The average Bonchev–Trinajstić information content (AvgIpc) is 2.41. The molecular formula is C14H15FN2O2S. The second-order valence-corrected chi connectivity index (χ2v) is 5.87. The van der Waals surface area contributed by atoms with E-state index in [0.29, 0.717) is 12.2 Å². The maximum absolute atomic E-state index is 13.6. The Hall–Kier alpha value is -1.92. The van der Waals surface area contributed by atoms with E-state index < -0.39 is 15.8 Å². The zero-order chi connectivity index (χ0) is 14.6. The Labute approximate surface area is 117 Å². The normalized spacial score (nSPS) is 11.3. The number of sulfonamides is 1.